The highest BCUT2D eigenvalue weighted by Gasteiger charge is 2.48. The fourth-order valence-electron chi connectivity index (χ4n) is 3.89. The first-order chi connectivity index (χ1) is 12.0. The number of hydrogen-bond donors (Lipinski definition) is 0. The van der Waals surface area contributed by atoms with Crippen molar-refractivity contribution in [2.75, 3.05) is 0 Å². The molecule has 0 N–H and O–H groups in total. The Hall–Kier alpha value is -2.14. The van der Waals surface area contributed by atoms with Crippen LogP contribution in [0.15, 0.2) is 36.8 Å². The third kappa shape index (κ3) is 2.86. The molecule has 2 atom stereocenters. The number of benzene rings is 1. The summed E-state index contributed by atoms with van der Waals surface area (Å²) < 4.78 is 6.00. The van der Waals surface area contributed by atoms with E-state index in [4.69, 9.17) is 16.3 Å². The first-order valence-electron chi connectivity index (χ1n) is 8.52. The van der Waals surface area contributed by atoms with Gasteiger partial charge in [-0.3, -0.25) is 4.79 Å². The van der Waals surface area contributed by atoms with E-state index in [1.165, 1.54) is 0 Å². The largest absolute Gasteiger partial charge is 0.478 e. The predicted molar refractivity (Wildman–Crippen MR) is 94.5 cm³/mol. The average Bonchev–Trinajstić information content (AvgIpc) is 2.90. The van der Waals surface area contributed by atoms with Crippen molar-refractivity contribution in [2.45, 2.75) is 50.8 Å². The molecule has 2 aliphatic rings. The van der Waals surface area contributed by atoms with Gasteiger partial charge in [0.2, 0.25) is 0 Å². The fourth-order valence-corrected chi connectivity index (χ4v) is 4.01. The minimum absolute atomic E-state index is 0.00412. The summed E-state index contributed by atoms with van der Waals surface area (Å²) >= 11 is 5.92. The molecule has 2 bridgehead atoms. The monoisotopic (exact) mass is 357 g/mol. The molecule has 1 fully saturated rings. The Labute approximate surface area is 152 Å². The molecule has 2 aromatic rings. The molecule has 6 heteroatoms. The van der Waals surface area contributed by atoms with Gasteiger partial charge in [-0.2, -0.15) is 0 Å². The second kappa shape index (κ2) is 5.99. The Morgan fingerprint density at radius 2 is 2.04 bits per heavy atom. The molecular weight excluding hydrogens is 338 g/mol. The van der Waals surface area contributed by atoms with Crippen LogP contribution >= 0.6 is 11.6 Å². The zero-order chi connectivity index (χ0) is 17.6. The number of fused-ring (bicyclic) bond motifs is 4. The highest BCUT2D eigenvalue weighted by atomic mass is 35.5. The highest BCUT2D eigenvalue weighted by Crippen LogP contribution is 2.44. The summed E-state index contributed by atoms with van der Waals surface area (Å²) in [4.78, 5) is 23.8. The fraction of sp³-hybridized carbons (Fsp3) is 0.421. The number of amides is 1. The number of hydrogen-bond acceptors (Lipinski definition) is 4. The van der Waals surface area contributed by atoms with Gasteiger partial charge in [0.1, 0.15) is 12.1 Å². The third-order valence-corrected chi connectivity index (χ3v) is 5.31. The molecular formula is C19H20ClN3O2. The van der Waals surface area contributed by atoms with Gasteiger partial charge in [0.25, 0.3) is 5.91 Å². The summed E-state index contributed by atoms with van der Waals surface area (Å²) in [5, 5.41) is 0.641. The van der Waals surface area contributed by atoms with E-state index in [0.717, 1.165) is 30.5 Å². The van der Waals surface area contributed by atoms with E-state index >= 15 is 0 Å². The Kier molecular flexibility index (Phi) is 3.91. The van der Waals surface area contributed by atoms with Crippen molar-refractivity contribution in [1.29, 1.82) is 0 Å². The summed E-state index contributed by atoms with van der Waals surface area (Å²) in [5.74, 6) is 0.639. The zero-order valence-corrected chi connectivity index (χ0v) is 15.0. The lowest BCUT2D eigenvalue weighted by Gasteiger charge is -2.40. The van der Waals surface area contributed by atoms with Crippen LogP contribution in [-0.4, -0.2) is 32.4 Å². The molecule has 1 aromatic carbocycles. The van der Waals surface area contributed by atoms with Crippen LogP contribution in [0, 0.1) is 0 Å². The number of halogens is 1. The molecule has 3 heterocycles. The topological polar surface area (TPSA) is 55.3 Å². The van der Waals surface area contributed by atoms with Crippen LogP contribution in [-0.2, 0) is 11.2 Å². The van der Waals surface area contributed by atoms with Crippen LogP contribution in [0.3, 0.4) is 0 Å². The maximum Gasteiger partial charge on any atom is 0.266 e. The smallest absolute Gasteiger partial charge is 0.266 e. The summed E-state index contributed by atoms with van der Waals surface area (Å²) in [6.07, 6.45) is 6.17. The Balaban J connectivity index is 1.59. The molecule has 1 amide bonds. The number of ether oxygens (including phenoxy) is 1. The van der Waals surface area contributed by atoms with E-state index in [9.17, 15) is 4.79 Å². The lowest BCUT2D eigenvalue weighted by Crippen LogP contribution is -2.53. The second-order valence-corrected chi connectivity index (χ2v) is 7.59. The Morgan fingerprint density at radius 3 is 2.80 bits per heavy atom. The van der Waals surface area contributed by atoms with Crippen molar-refractivity contribution in [3.63, 3.8) is 0 Å². The van der Waals surface area contributed by atoms with Crippen LogP contribution in [0.2, 0.25) is 5.02 Å². The molecule has 130 valence electrons. The summed E-state index contributed by atoms with van der Waals surface area (Å²) in [7, 11) is 0. The maximum absolute atomic E-state index is 13.3. The van der Waals surface area contributed by atoms with Gasteiger partial charge >= 0.3 is 0 Å². The number of nitrogens with zero attached hydrogens (tertiary/aromatic N) is 3. The van der Waals surface area contributed by atoms with Gasteiger partial charge in [-0.15, -0.1) is 0 Å². The first-order valence-corrected chi connectivity index (χ1v) is 8.89. The lowest BCUT2D eigenvalue weighted by atomic mass is 9.96. The van der Waals surface area contributed by atoms with Crippen molar-refractivity contribution in [1.82, 2.24) is 14.9 Å². The van der Waals surface area contributed by atoms with E-state index < -0.39 is 5.60 Å². The molecule has 0 aliphatic carbocycles. The standard InChI is InChI=1S/C19H20ClN3O2/c1-19(2,25-14-6-3-12(20)4-7-14)18(24)23-13-5-8-17(23)15-10-21-11-22-16(15)9-13/h3-4,6-7,10-11,13,17H,5,8-9H2,1-2H3/t13-,17-/m0/s1. The summed E-state index contributed by atoms with van der Waals surface area (Å²) in [5.41, 5.74) is 1.19. The number of rotatable bonds is 3. The van der Waals surface area contributed by atoms with Crippen LogP contribution < -0.4 is 4.74 Å². The van der Waals surface area contributed by atoms with E-state index in [2.05, 4.69) is 9.97 Å². The van der Waals surface area contributed by atoms with Gasteiger partial charge in [0, 0.05) is 29.2 Å². The normalized spacial score (nSPS) is 21.8. The van der Waals surface area contributed by atoms with Crippen molar-refractivity contribution in [3.8, 4) is 5.75 Å². The van der Waals surface area contributed by atoms with Gasteiger partial charge in [0.15, 0.2) is 5.60 Å². The van der Waals surface area contributed by atoms with Crippen molar-refractivity contribution in [3.05, 3.63) is 53.1 Å². The second-order valence-electron chi connectivity index (χ2n) is 7.15. The van der Waals surface area contributed by atoms with Gasteiger partial charge in [-0.1, -0.05) is 11.6 Å². The molecule has 0 unspecified atom stereocenters. The molecule has 25 heavy (non-hydrogen) atoms. The van der Waals surface area contributed by atoms with E-state index in [1.54, 1.807) is 30.6 Å². The van der Waals surface area contributed by atoms with Gasteiger partial charge in [-0.25, -0.2) is 9.97 Å². The number of carbonyl (C=O) groups is 1. The molecule has 0 saturated carbocycles. The number of aromatic nitrogens is 2. The van der Waals surface area contributed by atoms with Crippen LogP contribution in [0.1, 0.15) is 44.0 Å². The first kappa shape index (κ1) is 16.3. The third-order valence-electron chi connectivity index (χ3n) is 5.05. The van der Waals surface area contributed by atoms with Crippen LogP contribution in [0.4, 0.5) is 0 Å². The van der Waals surface area contributed by atoms with Gasteiger partial charge in [-0.05, 0) is 51.0 Å². The minimum Gasteiger partial charge on any atom is -0.478 e. The molecule has 2 aliphatic heterocycles. The van der Waals surface area contributed by atoms with E-state index in [-0.39, 0.29) is 18.0 Å². The van der Waals surface area contributed by atoms with Crippen molar-refractivity contribution in [2.24, 2.45) is 0 Å². The Bertz CT molecular complexity index is 807. The molecule has 0 spiro atoms. The minimum atomic E-state index is -0.957. The maximum atomic E-state index is 13.3. The van der Waals surface area contributed by atoms with E-state index in [1.807, 2.05) is 24.9 Å². The zero-order valence-electron chi connectivity index (χ0n) is 14.3. The highest BCUT2D eigenvalue weighted by molar-refractivity contribution is 6.30. The average molecular weight is 358 g/mol. The number of carbonyl (C=O) groups excluding carboxylic acids is 1. The molecule has 5 nitrogen and oxygen atoms in total. The molecule has 4 rings (SSSR count). The van der Waals surface area contributed by atoms with Gasteiger partial charge < -0.3 is 9.64 Å². The molecule has 1 saturated heterocycles. The van der Waals surface area contributed by atoms with Crippen LogP contribution in [0.5, 0.6) is 5.75 Å². The van der Waals surface area contributed by atoms with E-state index in [0.29, 0.717) is 10.8 Å². The summed E-state index contributed by atoms with van der Waals surface area (Å²) in [6, 6.07) is 7.32. The Morgan fingerprint density at radius 1 is 1.28 bits per heavy atom. The SMILES string of the molecule is CC(C)(Oc1ccc(Cl)cc1)C(=O)N1[C@H]2CC[C@H]1c1cncnc1C2. The van der Waals surface area contributed by atoms with Crippen LogP contribution in [0.25, 0.3) is 0 Å². The molecule has 1 aromatic heterocycles. The summed E-state index contributed by atoms with van der Waals surface area (Å²) in [6.45, 7) is 3.64. The lowest BCUT2D eigenvalue weighted by molar-refractivity contribution is -0.149. The van der Waals surface area contributed by atoms with Crippen molar-refractivity contribution >= 4 is 17.5 Å². The molecule has 0 radical (unpaired) electrons. The quantitative estimate of drug-likeness (QED) is 0.842. The predicted octanol–water partition coefficient (Wildman–Crippen LogP) is 3.58. The van der Waals surface area contributed by atoms with Crippen molar-refractivity contribution < 1.29 is 9.53 Å². The van der Waals surface area contributed by atoms with Gasteiger partial charge in [0.05, 0.1) is 11.7 Å².